The third-order valence-corrected chi connectivity index (χ3v) is 13.9. The van der Waals surface area contributed by atoms with Crippen LogP contribution in [0.1, 0.15) is 55.3 Å². The van der Waals surface area contributed by atoms with E-state index in [4.69, 9.17) is 19.4 Å². The average Bonchev–Trinajstić information content (AvgIpc) is 4.02. The van der Waals surface area contributed by atoms with Gasteiger partial charge in [-0.05, 0) is 116 Å². The fraction of sp³-hybridized carbons (Fsp3) is 0.0781. The predicted octanol–water partition coefficient (Wildman–Crippen LogP) is 16.8. The number of rotatable bonds is 8. The van der Waals surface area contributed by atoms with E-state index < -0.39 is 5.41 Å². The zero-order valence-corrected chi connectivity index (χ0v) is 38.3. The van der Waals surface area contributed by atoms with Gasteiger partial charge in [0, 0.05) is 27.5 Å². The molecule has 8 aromatic carbocycles. The first-order chi connectivity index (χ1) is 33.6. The Bertz CT molecular complexity index is 3780. The Morgan fingerprint density at radius 1 is 0.544 bits per heavy atom. The molecule has 0 fully saturated rings. The lowest BCUT2D eigenvalue weighted by atomic mass is 9.68. The molecular formula is C64H47N3O. The summed E-state index contributed by atoms with van der Waals surface area (Å²) in [4.78, 5) is 15.8. The van der Waals surface area contributed by atoms with Gasteiger partial charge in [0.1, 0.15) is 11.2 Å². The maximum Gasteiger partial charge on any atom is 0.164 e. The number of hydrogen-bond donors (Lipinski definition) is 0. The Balaban J connectivity index is 1.05. The van der Waals surface area contributed by atoms with E-state index in [2.05, 4.69) is 196 Å². The van der Waals surface area contributed by atoms with Crippen molar-refractivity contribution in [3.8, 4) is 56.2 Å². The van der Waals surface area contributed by atoms with Crippen LogP contribution in [0.3, 0.4) is 0 Å². The fourth-order valence-corrected chi connectivity index (χ4v) is 11.3. The summed E-state index contributed by atoms with van der Waals surface area (Å²) in [5.41, 5.74) is 18.8. The van der Waals surface area contributed by atoms with Crippen LogP contribution in [0, 0.1) is 0 Å². The second kappa shape index (κ2) is 16.4. The number of nitrogens with zero attached hydrogens (tertiary/aromatic N) is 3. The molecule has 4 nitrogen and oxygen atoms in total. The first-order valence-electron chi connectivity index (χ1n) is 23.5. The van der Waals surface area contributed by atoms with E-state index in [9.17, 15) is 0 Å². The van der Waals surface area contributed by atoms with Gasteiger partial charge in [-0.15, -0.1) is 0 Å². The molecule has 2 heterocycles. The summed E-state index contributed by atoms with van der Waals surface area (Å²) >= 11 is 0. The van der Waals surface area contributed by atoms with Crippen molar-refractivity contribution in [1.82, 2.24) is 15.0 Å². The second-order valence-electron chi connectivity index (χ2n) is 17.5. The van der Waals surface area contributed by atoms with E-state index in [1.807, 2.05) is 37.3 Å². The van der Waals surface area contributed by atoms with Crippen molar-refractivity contribution in [2.45, 2.75) is 32.6 Å². The highest BCUT2D eigenvalue weighted by Gasteiger charge is 2.54. The van der Waals surface area contributed by atoms with Crippen molar-refractivity contribution in [3.05, 3.63) is 247 Å². The number of para-hydroxylation sites is 1. The summed E-state index contributed by atoms with van der Waals surface area (Å²) in [5.74, 6) is 1.88. The molecule has 2 aromatic heterocycles. The largest absolute Gasteiger partial charge is 0.456 e. The summed E-state index contributed by atoms with van der Waals surface area (Å²) in [7, 11) is 0. The summed E-state index contributed by atoms with van der Waals surface area (Å²) in [5, 5.41) is 4.42. The van der Waals surface area contributed by atoms with Gasteiger partial charge in [-0.25, -0.2) is 15.0 Å². The van der Waals surface area contributed by atoms with E-state index in [1.165, 1.54) is 50.1 Å². The molecule has 0 amide bonds. The number of furan rings is 1. The minimum absolute atomic E-state index is 0.524. The summed E-state index contributed by atoms with van der Waals surface area (Å²) in [6, 6.07) is 61.0. The maximum atomic E-state index is 6.24. The molecule has 1 spiro atoms. The molecule has 12 rings (SSSR count). The van der Waals surface area contributed by atoms with Crippen LogP contribution in [0.5, 0.6) is 0 Å². The van der Waals surface area contributed by atoms with Crippen molar-refractivity contribution in [2.24, 2.45) is 0 Å². The molecule has 2 aliphatic rings. The monoisotopic (exact) mass is 873 g/mol. The smallest absolute Gasteiger partial charge is 0.164 e. The first-order valence-corrected chi connectivity index (χ1v) is 23.5. The Labute approximate surface area is 396 Å². The molecule has 10 aromatic rings. The molecule has 0 N–H and O–H groups in total. The molecular weight excluding hydrogens is 827 g/mol. The third kappa shape index (κ3) is 6.11. The van der Waals surface area contributed by atoms with Gasteiger partial charge in [0.2, 0.25) is 0 Å². The second-order valence-corrected chi connectivity index (χ2v) is 17.5. The highest BCUT2D eigenvalue weighted by Crippen LogP contribution is 2.65. The number of benzene rings is 8. The highest BCUT2D eigenvalue weighted by molar-refractivity contribution is 6.13. The van der Waals surface area contributed by atoms with Crippen LogP contribution in [0.2, 0.25) is 0 Å². The number of hydrogen-bond acceptors (Lipinski definition) is 4. The average molecular weight is 874 g/mol. The van der Waals surface area contributed by atoms with E-state index in [1.54, 1.807) is 0 Å². The van der Waals surface area contributed by atoms with Gasteiger partial charge in [-0.3, -0.25) is 0 Å². The van der Waals surface area contributed by atoms with Gasteiger partial charge in [-0.1, -0.05) is 202 Å². The third-order valence-electron chi connectivity index (χ3n) is 13.9. The molecule has 0 radical (unpaired) electrons. The molecule has 0 unspecified atom stereocenters. The minimum atomic E-state index is -0.524. The van der Waals surface area contributed by atoms with Crippen molar-refractivity contribution in [3.63, 3.8) is 0 Å². The van der Waals surface area contributed by atoms with Gasteiger partial charge >= 0.3 is 0 Å². The Morgan fingerprint density at radius 3 is 1.85 bits per heavy atom. The fourth-order valence-electron chi connectivity index (χ4n) is 11.3. The standard InChI is InChI=1S/C64H47N3O/c1-5-19-41(20-6-2)61-65-62(42-36-34-40(35-37-42)43-27-18-33-58-59(43)53-26-13-16-32-57(53)68-58)67-63(66-61)52-39-38-46(44-22-9-10-23-45(44)52)50-28-17-29-51-47(21-7-3)54(8-4)64(60(50)51)55-30-14-11-24-48(55)49-25-12-15-31-56(49)64/h5,7-39H,3,6H2,1-2,4H3/b19-5-,41-20+,47-21-,54-8+. The Hall–Kier alpha value is -8.47. The molecule has 0 saturated heterocycles. The number of allylic oxidation sites excluding steroid dienone is 9. The lowest BCUT2D eigenvalue weighted by Gasteiger charge is -2.32. The van der Waals surface area contributed by atoms with E-state index in [-0.39, 0.29) is 0 Å². The van der Waals surface area contributed by atoms with Crippen LogP contribution in [0.25, 0.3) is 100 Å². The predicted molar refractivity (Wildman–Crippen MR) is 283 cm³/mol. The minimum Gasteiger partial charge on any atom is -0.456 e. The van der Waals surface area contributed by atoms with Gasteiger partial charge in [-0.2, -0.15) is 0 Å². The van der Waals surface area contributed by atoms with Gasteiger partial charge in [0.15, 0.2) is 17.5 Å². The summed E-state index contributed by atoms with van der Waals surface area (Å²) in [6.45, 7) is 10.6. The van der Waals surface area contributed by atoms with Crippen LogP contribution in [0.15, 0.2) is 223 Å². The normalized spacial score (nSPS) is 15.0. The summed E-state index contributed by atoms with van der Waals surface area (Å²) < 4.78 is 6.24. The van der Waals surface area contributed by atoms with E-state index in [0.29, 0.717) is 17.5 Å². The van der Waals surface area contributed by atoms with Crippen LogP contribution in [0.4, 0.5) is 0 Å². The van der Waals surface area contributed by atoms with E-state index in [0.717, 1.165) is 72.5 Å². The summed E-state index contributed by atoms with van der Waals surface area (Å²) in [6.07, 6.45) is 13.6. The lowest BCUT2D eigenvalue weighted by molar-refractivity contribution is 0.669. The molecule has 0 atom stereocenters. The molecule has 4 heteroatoms. The molecule has 0 saturated carbocycles. The van der Waals surface area contributed by atoms with Crippen LogP contribution in [-0.4, -0.2) is 15.0 Å². The Kier molecular flexibility index (Phi) is 9.92. The maximum absolute atomic E-state index is 6.24. The van der Waals surface area contributed by atoms with Crippen molar-refractivity contribution < 1.29 is 4.42 Å². The first kappa shape index (κ1) is 41.0. The highest BCUT2D eigenvalue weighted by atomic mass is 16.3. The SMILES string of the molecule is C=C/C=C1\C(=C/C)C2(c3ccccc3-c3ccccc32)c2c1cccc2-c1ccc(-c2nc(C(/C=C\C)=C/CC)nc(-c3ccc(-c4cccc5oc6ccccc6c45)cc3)n2)c2ccccc12. The zero-order chi connectivity index (χ0) is 45.9. The topological polar surface area (TPSA) is 51.8 Å². The molecule has 0 aliphatic heterocycles. The molecule has 68 heavy (non-hydrogen) atoms. The van der Waals surface area contributed by atoms with Crippen LogP contribution >= 0.6 is 0 Å². The molecule has 0 bridgehead atoms. The van der Waals surface area contributed by atoms with Crippen LogP contribution in [-0.2, 0) is 5.41 Å². The van der Waals surface area contributed by atoms with Gasteiger partial charge < -0.3 is 4.42 Å². The van der Waals surface area contributed by atoms with Crippen molar-refractivity contribution in [1.29, 1.82) is 0 Å². The van der Waals surface area contributed by atoms with Crippen molar-refractivity contribution >= 4 is 43.9 Å². The number of aromatic nitrogens is 3. The Morgan fingerprint density at radius 2 is 1.13 bits per heavy atom. The lowest BCUT2D eigenvalue weighted by Crippen LogP contribution is -2.26. The van der Waals surface area contributed by atoms with Gasteiger partial charge in [0.05, 0.1) is 5.41 Å². The quantitative estimate of drug-likeness (QED) is 0.143. The number of fused-ring (bicyclic) bond motifs is 11. The van der Waals surface area contributed by atoms with Crippen molar-refractivity contribution in [2.75, 3.05) is 0 Å². The van der Waals surface area contributed by atoms with Gasteiger partial charge in [0.25, 0.3) is 0 Å². The van der Waals surface area contributed by atoms with Crippen LogP contribution < -0.4 is 0 Å². The van der Waals surface area contributed by atoms with E-state index >= 15 is 0 Å². The molecule has 324 valence electrons. The molecule has 2 aliphatic carbocycles. The zero-order valence-electron chi connectivity index (χ0n) is 38.3.